The first-order valence-corrected chi connectivity index (χ1v) is 18.1. The predicted molar refractivity (Wildman–Crippen MR) is 209 cm³/mol. The van der Waals surface area contributed by atoms with Gasteiger partial charge in [-0.1, -0.05) is 24.3 Å². The quantitative estimate of drug-likeness (QED) is 0.194. The Morgan fingerprint density at radius 1 is 0.786 bits per heavy atom. The monoisotopic (exact) mass is 751 g/mol. The Kier molecular flexibility index (Phi) is 8.27. The molecule has 56 heavy (non-hydrogen) atoms. The van der Waals surface area contributed by atoms with Gasteiger partial charge in [0, 0.05) is 71.5 Å². The number of nitrogens with one attached hydrogen (secondary N) is 2. The molecule has 1 saturated heterocycles. The van der Waals surface area contributed by atoms with Crippen molar-refractivity contribution in [3.05, 3.63) is 119 Å². The zero-order valence-electron chi connectivity index (χ0n) is 30.7. The number of amides is 1. The number of aromatic nitrogens is 10. The first-order valence-electron chi connectivity index (χ1n) is 18.1. The molecule has 0 bridgehead atoms. The topological polar surface area (TPSA) is 187 Å². The van der Waals surface area contributed by atoms with Gasteiger partial charge in [-0.05, 0) is 56.2 Å². The van der Waals surface area contributed by atoms with Crippen LogP contribution in [0.15, 0.2) is 108 Å². The van der Waals surface area contributed by atoms with Crippen LogP contribution in [0.25, 0.3) is 66.8 Å². The molecule has 7 heterocycles. The van der Waals surface area contributed by atoms with Gasteiger partial charge in [-0.3, -0.25) is 19.0 Å². The number of carbonyl (C=O) groups excluding carboxylic acids is 1. The third-order valence-electron chi connectivity index (χ3n) is 9.87. The molecule has 1 amide bonds. The molecule has 0 aliphatic carbocycles. The number of aliphatic hydroxyl groups is 1. The summed E-state index contributed by atoms with van der Waals surface area (Å²) in [7, 11) is 0. The van der Waals surface area contributed by atoms with E-state index < -0.39 is 5.60 Å². The molecule has 3 N–H and O–H groups in total. The number of hydrogen-bond acceptors (Lipinski definition) is 9. The number of carbonyl (C=O) groups is 1. The maximum Gasteiger partial charge on any atom is 0.410 e. The average molecular weight is 752 g/mol. The first kappa shape index (κ1) is 34.7. The summed E-state index contributed by atoms with van der Waals surface area (Å²) in [6, 6.07) is 15.9. The summed E-state index contributed by atoms with van der Waals surface area (Å²) in [6.07, 6.45) is 13.4. The van der Waals surface area contributed by atoms with Crippen LogP contribution in [0.2, 0.25) is 0 Å². The smallest absolute Gasteiger partial charge is 0.410 e. The van der Waals surface area contributed by atoms with E-state index in [1.165, 1.54) is 12.7 Å². The summed E-state index contributed by atoms with van der Waals surface area (Å²) < 4.78 is 12.7. The largest absolute Gasteiger partial charge is 0.444 e. The lowest BCUT2D eigenvalue weighted by molar-refractivity contribution is -0.000386. The average Bonchev–Trinajstić information content (AvgIpc) is 3.97. The Balaban J connectivity index is 0.975. The Morgan fingerprint density at radius 3 is 2.11 bits per heavy atom. The van der Waals surface area contributed by atoms with Crippen LogP contribution in [-0.2, 0) is 11.3 Å². The first-order chi connectivity index (χ1) is 27.0. The van der Waals surface area contributed by atoms with E-state index >= 15 is 0 Å². The summed E-state index contributed by atoms with van der Waals surface area (Å²) in [6.45, 7) is 6.82. The number of hydrogen-bond donors (Lipinski definition) is 3. The molecule has 6 aromatic heterocycles. The van der Waals surface area contributed by atoms with Crippen molar-refractivity contribution in [2.45, 2.75) is 39.0 Å². The number of nitrogens with zero attached hydrogens (tertiary/aromatic N) is 9. The minimum Gasteiger partial charge on any atom is -0.444 e. The number of H-pyrrole nitrogens is 2. The maximum absolute atomic E-state index is 13.2. The van der Waals surface area contributed by atoms with Gasteiger partial charge in [0.05, 0.1) is 49.6 Å². The highest BCUT2D eigenvalue weighted by Crippen LogP contribution is 2.33. The maximum atomic E-state index is 13.2. The molecule has 8 aromatic rings. The molecule has 0 saturated carbocycles. The SMILES string of the molecule is CC(C)(C)OC(=O)N1CC(n2cc(-c3cn(-c4ccc(-c5ccc(-n6cc(-c7cnn(CCO)c7)c7nc[nH]c(=O)c76)cc5)cc4)c4nc[nH]c(=O)c34)cn2)C1. The second-order valence-corrected chi connectivity index (χ2v) is 14.7. The van der Waals surface area contributed by atoms with Crippen LogP contribution < -0.4 is 11.1 Å². The normalized spacial score (nSPS) is 13.5. The fourth-order valence-electron chi connectivity index (χ4n) is 7.10. The van der Waals surface area contributed by atoms with Gasteiger partial charge in [-0.25, -0.2) is 14.8 Å². The number of aromatic amines is 2. The third kappa shape index (κ3) is 6.14. The van der Waals surface area contributed by atoms with Crippen LogP contribution in [0, 0.1) is 0 Å². The summed E-state index contributed by atoms with van der Waals surface area (Å²) in [4.78, 5) is 54.7. The highest BCUT2D eigenvalue weighted by Gasteiger charge is 2.35. The fourth-order valence-corrected chi connectivity index (χ4v) is 7.10. The van der Waals surface area contributed by atoms with Gasteiger partial charge in [0.1, 0.15) is 16.6 Å². The van der Waals surface area contributed by atoms with Crippen molar-refractivity contribution in [1.82, 2.24) is 53.5 Å². The molecule has 16 nitrogen and oxygen atoms in total. The van der Waals surface area contributed by atoms with E-state index in [2.05, 4.69) is 30.1 Å². The van der Waals surface area contributed by atoms with Crippen molar-refractivity contribution in [1.29, 1.82) is 0 Å². The molecule has 0 spiro atoms. The number of likely N-dealkylation sites (tertiary alicyclic amines) is 1. The Labute approximate surface area is 318 Å². The minimum atomic E-state index is -0.565. The van der Waals surface area contributed by atoms with E-state index in [4.69, 9.17) is 4.74 Å². The van der Waals surface area contributed by atoms with Crippen LogP contribution in [0.4, 0.5) is 4.79 Å². The molecule has 1 aliphatic heterocycles. The van der Waals surface area contributed by atoms with E-state index in [9.17, 15) is 19.5 Å². The van der Waals surface area contributed by atoms with Gasteiger partial charge in [0.15, 0.2) is 5.65 Å². The minimum absolute atomic E-state index is 0.00345. The van der Waals surface area contributed by atoms with Gasteiger partial charge in [-0.15, -0.1) is 0 Å². The lowest BCUT2D eigenvalue weighted by atomic mass is 10.0. The van der Waals surface area contributed by atoms with E-state index in [1.54, 1.807) is 22.0 Å². The van der Waals surface area contributed by atoms with E-state index in [1.807, 2.05) is 108 Å². The van der Waals surface area contributed by atoms with Crippen molar-refractivity contribution in [2.24, 2.45) is 0 Å². The van der Waals surface area contributed by atoms with Crippen LogP contribution >= 0.6 is 0 Å². The highest BCUT2D eigenvalue weighted by atomic mass is 16.6. The summed E-state index contributed by atoms with van der Waals surface area (Å²) in [5.41, 5.74) is 6.93. The molecule has 0 unspecified atom stereocenters. The van der Waals surface area contributed by atoms with Gasteiger partial charge in [0.2, 0.25) is 0 Å². The van der Waals surface area contributed by atoms with E-state index in [0.29, 0.717) is 47.3 Å². The zero-order valence-corrected chi connectivity index (χ0v) is 30.7. The molecule has 0 radical (unpaired) electrons. The zero-order chi connectivity index (χ0) is 38.7. The van der Waals surface area contributed by atoms with Crippen LogP contribution in [0.3, 0.4) is 0 Å². The molecule has 282 valence electrons. The standard InChI is InChI=1S/C40H37N11O5/c1-40(2,3)56-39(55)47-18-30(19-47)51-17-27(15-46-51)31-20-50(36-33(31)37(53)43-23-42-36)29-10-6-25(7-11-29)24-4-8-28(9-5-24)49-21-32(26-14-45-48(16-26)12-13-52)34-35(49)38(54)44-22-41-34/h4-11,14-17,20-23,30,52H,12-13,18-19H2,1-3H3,(H,41,44,54)(H,42,43,53). The third-order valence-corrected chi connectivity index (χ3v) is 9.87. The number of fused-ring (bicyclic) bond motifs is 2. The second-order valence-electron chi connectivity index (χ2n) is 14.7. The molecule has 9 rings (SSSR count). The Morgan fingerprint density at radius 2 is 1.41 bits per heavy atom. The predicted octanol–water partition coefficient (Wildman–Crippen LogP) is 4.92. The lowest BCUT2D eigenvalue weighted by Gasteiger charge is -2.39. The second kappa shape index (κ2) is 13.3. The van der Waals surface area contributed by atoms with E-state index in [0.717, 1.165) is 39.2 Å². The van der Waals surface area contributed by atoms with Gasteiger partial charge < -0.3 is 33.8 Å². The number of benzene rings is 2. The van der Waals surface area contributed by atoms with E-state index in [-0.39, 0.29) is 29.9 Å². The summed E-state index contributed by atoms with van der Waals surface area (Å²) >= 11 is 0. The fraction of sp³-hybridized carbons (Fsp3) is 0.225. The molecule has 1 aliphatic rings. The van der Waals surface area contributed by atoms with Gasteiger partial charge >= 0.3 is 6.09 Å². The van der Waals surface area contributed by atoms with Crippen molar-refractivity contribution in [2.75, 3.05) is 19.7 Å². The number of rotatable bonds is 8. The summed E-state index contributed by atoms with van der Waals surface area (Å²) in [5, 5.41) is 18.7. The molecular weight excluding hydrogens is 715 g/mol. The molecular formula is C40H37N11O5. The molecule has 1 fully saturated rings. The Hall–Kier alpha value is -7.07. The van der Waals surface area contributed by atoms with Crippen LogP contribution in [-0.4, -0.2) is 90.0 Å². The van der Waals surface area contributed by atoms with Crippen molar-refractivity contribution < 1.29 is 14.6 Å². The number of ether oxygens (including phenoxy) is 1. The molecule has 16 heteroatoms. The summed E-state index contributed by atoms with van der Waals surface area (Å²) in [5.74, 6) is 0. The lowest BCUT2D eigenvalue weighted by Crippen LogP contribution is -2.52. The van der Waals surface area contributed by atoms with Crippen molar-refractivity contribution in [3.63, 3.8) is 0 Å². The Bertz CT molecular complexity index is 2860. The number of aliphatic hydroxyl groups excluding tert-OH is 1. The molecule has 0 atom stereocenters. The van der Waals surface area contributed by atoms with Crippen LogP contribution in [0.5, 0.6) is 0 Å². The van der Waals surface area contributed by atoms with Crippen LogP contribution in [0.1, 0.15) is 26.8 Å². The highest BCUT2D eigenvalue weighted by molar-refractivity contribution is 5.95. The van der Waals surface area contributed by atoms with Crippen molar-refractivity contribution >= 4 is 28.2 Å². The van der Waals surface area contributed by atoms with Crippen molar-refractivity contribution in [3.8, 4) is 44.8 Å². The molecule has 2 aromatic carbocycles. The van der Waals surface area contributed by atoms with Gasteiger partial charge in [0.25, 0.3) is 11.1 Å². The van der Waals surface area contributed by atoms with Gasteiger partial charge in [-0.2, -0.15) is 10.2 Å².